The summed E-state index contributed by atoms with van der Waals surface area (Å²) in [5.41, 5.74) is 3.99. The number of carbonyl (C=O) groups excluding carboxylic acids is 1. The number of hydrogen-bond donors (Lipinski definition) is 1. The van der Waals surface area contributed by atoms with Crippen LogP contribution in [-0.2, 0) is 17.6 Å². The first-order valence-electron chi connectivity index (χ1n) is 11.7. The van der Waals surface area contributed by atoms with E-state index in [0.717, 1.165) is 41.8 Å². The van der Waals surface area contributed by atoms with E-state index in [1.54, 1.807) is 35.9 Å². The second-order valence-electron chi connectivity index (χ2n) is 8.52. The molecule has 35 heavy (non-hydrogen) atoms. The Morgan fingerprint density at radius 2 is 1.63 bits per heavy atom. The number of carboxylic acids is 1. The number of aromatic nitrogens is 1. The molecule has 0 fully saturated rings. The van der Waals surface area contributed by atoms with E-state index >= 15 is 0 Å². The van der Waals surface area contributed by atoms with Gasteiger partial charge in [-0.2, -0.15) is 0 Å². The van der Waals surface area contributed by atoms with Crippen LogP contribution in [-0.4, -0.2) is 35.3 Å². The van der Waals surface area contributed by atoms with E-state index < -0.39 is 5.97 Å². The molecule has 0 radical (unpaired) electrons. The summed E-state index contributed by atoms with van der Waals surface area (Å²) in [6.07, 6.45) is 2.85. The predicted molar refractivity (Wildman–Crippen MR) is 136 cm³/mol. The molecule has 1 N–H and O–H groups in total. The van der Waals surface area contributed by atoms with E-state index in [1.807, 2.05) is 43.3 Å². The molecule has 1 aromatic heterocycles. The van der Waals surface area contributed by atoms with Gasteiger partial charge < -0.3 is 14.6 Å². The summed E-state index contributed by atoms with van der Waals surface area (Å²) < 4.78 is 12.7. The summed E-state index contributed by atoms with van der Waals surface area (Å²) in [7, 11) is 1.66. The van der Waals surface area contributed by atoms with E-state index in [-0.39, 0.29) is 12.3 Å². The Kier molecular flexibility index (Phi) is 7.51. The maximum Gasteiger partial charge on any atom is 0.307 e. The van der Waals surface area contributed by atoms with Gasteiger partial charge in [0.25, 0.3) is 5.91 Å². The normalized spacial score (nSPS) is 10.9. The molecule has 180 valence electrons. The molecule has 0 amide bonds. The number of ether oxygens (including phenoxy) is 2. The van der Waals surface area contributed by atoms with Gasteiger partial charge in [0.05, 0.1) is 25.7 Å². The molecule has 0 atom stereocenters. The highest BCUT2D eigenvalue weighted by Gasteiger charge is 2.17. The molecule has 0 saturated carbocycles. The third-order valence-electron chi connectivity index (χ3n) is 6.05. The van der Waals surface area contributed by atoms with E-state index in [9.17, 15) is 14.7 Å². The predicted octanol–water partition coefficient (Wildman–Crippen LogP) is 5.68. The first-order chi connectivity index (χ1) is 17.0. The number of carboxylic acid groups (broad SMARTS) is 1. The van der Waals surface area contributed by atoms with Crippen molar-refractivity contribution in [1.82, 2.24) is 4.57 Å². The van der Waals surface area contributed by atoms with Crippen LogP contribution in [0.4, 0.5) is 0 Å². The number of fused-ring (bicyclic) bond motifs is 1. The highest BCUT2D eigenvalue weighted by Crippen LogP contribution is 2.25. The Hall–Kier alpha value is -4.06. The molecule has 0 spiro atoms. The molecule has 6 nitrogen and oxygen atoms in total. The fraction of sp³-hybridized carbons (Fsp3) is 0.241. The van der Waals surface area contributed by atoms with Crippen molar-refractivity contribution >= 4 is 22.8 Å². The Morgan fingerprint density at radius 1 is 0.914 bits per heavy atom. The molecular weight excluding hydrogens is 442 g/mol. The first-order valence-corrected chi connectivity index (χ1v) is 11.7. The van der Waals surface area contributed by atoms with Crippen LogP contribution in [0, 0.1) is 6.92 Å². The number of aryl methyl sites for hydroxylation is 2. The summed E-state index contributed by atoms with van der Waals surface area (Å²) >= 11 is 0. The highest BCUT2D eigenvalue weighted by atomic mass is 16.5. The van der Waals surface area contributed by atoms with Crippen molar-refractivity contribution in [2.45, 2.75) is 32.6 Å². The van der Waals surface area contributed by atoms with Gasteiger partial charge in [0.1, 0.15) is 11.5 Å². The maximum absolute atomic E-state index is 13.3. The van der Waals surface area contributed by atoms with Gasteiger partial charge in [-0.15, -0.1) is 0 Å². The molecule has 3 aromatic carbocycles. The summed E-state index contributed by atoms with van der Waals surface area (Å²) in [6, 6.07) is 22.6. The number of aliphatic carboxylic acids is 1. The SMILES string of the molecule is COc1ccc(CCCCOc2ccc(C(=O)n3c(C)cc4c(CC(=O)O)cccc43)cc2)cc1. The summed E-state index contributed by atoms with van der Waals surface area (Å²) in [5.74, 6) is 0.535. The highest BCUT2D eigenvalue weighted by molar-refractivity contribution is 6.04. The molecule has 6 heteroatoms. The lowest BCUT2D eigenvalue weighted by Gasteiger charge is -2.10. The first kappa shape index (κ1) is 24.1. The van der Waals surface area contributed by atoms with Crippen LogP contribution in [0.1, 0.15) is 40.0 Å². The maximum atomic E-state index is 13.3. The lowest BCUT2D eigenvalue weighted by molar-refractivity contribution is -0.136. The standard InChI is InChI=1S/C29H29NO5/c1-20-18-26-23(19-28(31)32)7-5-8-27(26)30(20)29(33)22-11-15-25(16-12-22)35-17-4-3-6-21-9-13-24(34-2)14-10-21/h5,7-16,18H,3-4,6,17,19H2,1-2H3,(H,31,32). The number of nitrogens with zero attached hydrogens (tertiary/aromatic N) is 1. The van der Waals surface area contributed by atoms with E-state index in [2.05, 4.69) is 12.1 Å². The molecule has 1 heterocycles. The average Bonchev–Trinajstić information content (AvgIpc) is 3.20. The summed E-state index contributed by atoms with van der Waals surface area (Å²) in [4.78, 5) is 24.5. The number of carbonyl (C=O) groups is 2. The quantitative estimate of drug-likeness (QED) is 0.301. The van der Waals surface area contributed by atoms with Crippen LogP contribution >= 0.6 is 0 Å². The van der Waals surface area contributed by atoms with Gasteiger partial charge in [-0.05, 0) is 85.8 Å². The van der Waals surface area contributed by atoms with Crippen LogP contribution < -0.4 is 9.47 Å². The second kappa shape index (κ2) is 10.9. The summed E-state index contributed by atoms with van der Waals surface area (Å²) in [5, 5.41) is 9.97. The van der Waals surface area contributed by atoms with Gasteiger partial charge in [-0.1, -0.05) is 24.3 Å². The lowest BCUT2D eigenvalue weighted by atomic mass is 10.1. The van der Waals surface area contributed by atoms with Crippen molar-refractivity contribution in [3.63, 3.8) is 0 Å². The molecule has 0 aliphatic rings. The lowest BCUT2D eigenvalue weighted by Crippen LogP contribution is -2.13. The van der Waals surface area contributed by atoms with E-state index in [4.69, 9.17) is 9.47 Å². The van der Waals surface area contributed by atoms with Crippen LogP contribution in [0.5, 0.6) is 11.5 Å². The zero-order chi connectivity index (χ0) is 24.8. The largest absolute Gasteiger partial charge is 0.497 e. The Labute approximate surface area is 204 Å². The topological polar surface area (TPSA) is 77.8 Å². The van der Waals surface area contributed by atoms with Crippen LogP contribution in [0.15, 0.2) is 72.8 Å². The molecule has 0 aliphatic carbocycles. The number of rotatable bonds is 10. The fourth-order valence-electron chi connectivity index (χ4n) is 4.25. The molecule has 0 aliphatic heterocycles. The monoisotopic (exact) mass is 471 g/mol. The van der Waals surface area contributed by atoms with Gasteiger partial charge in [-0.25, -0.2) is 0 Å². The number of benzene rings is 3. The van der Waals surface area contributed by atoms with E-state index in [0.29, 0.717) is 23.3 Å². The van der Waals surface area contributed by atoms with Gasteiger partial charge in [-0.3, -0.25) is 14.2 Å². The third kappa shape index (κ3) is 5.72. The van der Waals surface area contributed by atoms with Crippen LogP contribution in [0.3, 0.4) is 0 Å². The molecule has 0 bridgehead atoms. The molecule has 0 saturated heterocycles. The smallest absolute Gasteiger partial charge is 0.307 e. The average molecular weight is 472 g/mol. The van der Waals surface area contributed by atoms with Gasteiger partial charge in [0.15, 0.2) is 0 Å². The number of methoxy groups -OCH3 is 1. The van der Waals surface area contributed by atoms with Crippen molar-refractivity contribution in [1.29, 1.82) is 0 Å². The van der Waals surface area contributed by atoms with Gasteiger partial charge >= 0.3 is 5.97 Å². The van der Waals surface area contributed by atoms with Crippen molar-refractivity contribution in [2.75, 3.05) is 13.7 Å². The van der Waals surface area contributed by atoms with Gasteiger partial charge in [0, 0.05) is 16.6 Å². The molecule has 0 unspecified atom stereocenters. The fourth-order valence-corrected chi connectivity index (χ4v) is 4.25. The number of hydrogen-bond acceptors (Lipinski definition) is 4. The molecule has 4 rings (SSSR count). The van der Waals surface area contributed by atoms with E-state index in [1.165, 1.54) is 5.56 Å². The van der Waals surface area contributed by atoms with Crippen LogP contribution in [0.2, 0.25) is 0 Å². The van der Waals surface area contributed by atoms with Crippen molar-refractivity contribution in [2.24, 2.45) is 0 Å². The van der Waals surface area contributed by atoms with Crippen molar-refractivity contribution in [3.05, 3.63) is 95.2 Å². The molecular formula is C29H29NO5. The minimum absolute atomic E-state index is 0.0822. The number of unbranched alkanes of at least 4 members (excludes halogenated alkanes) is 1. The Balaban J connectivity index is 1.35. The third-order valence-corrected chi connectivity index (χ3v) is 6.05. The van der Waals surface area contributed by atoms with Crippen molar-refractivity contribution < 1.29 is 24.2 Å². The zero-order valence-electron chi connectivity index (χ0n) is 20.0. The summed E-state index contributed by atoms with van der Waals surface area (Å²) in [6.45, 7) is 2.46. The zero-order valence-corrected chi connectivity index (χ0v) is 20.0. The second-order valence-corrected chi connectivity index (χ2v) is 8.52. The minimum Gasteiger partial charge on any atom is -0.497 e. The molecule has 4 aromatic rings. The van der Waals surface area contributed by atoms with Gasteiger partial charge in [0.2, 0.25) is 0 Å². The Bertz CT molecular complexity index is 1320. The minimum atomic E-state index is -0.898. The van der Waals surface area contributed by atoms with Crippen LogP contribution in [0.25, 0.3) is 10.9 Å². The Morgan fingerprint density at radius 3 is 2.31 bits per heavy atom. The van der Waals surface area contributed by atoms with Crippen molar-refractivity contribution in [3.8, 4) is 11.5 Å².